The van der Waals surface area contributed by atoms with Crippen molar-refractivity contribution >= 4 is 5.82 Å². The van der Waals surface area contributed by atoms with E-state index in [0.29, 0.717) is 5.82 Å². The van der Waals surface area contributed by atoms with Crippen molar-refractivity contribution in [1.29, 1.82) is 0 Å². The van der Waals surface area contributed by atoms with Crippen molar-refractivity contribution in [3.05, 3.63) is 18.3 Å². The van der Waals surface area contributed by atoms with E-state index in [1.54, 1.807) is 6.07 Å². The van der Waals surface area contributed by atoms with E-state index in [-0.39, 0.29) is 11.2 Å². The van der Waals surface area contributed by atoms with Gasteiger partial charge in [0.25, 0.3) is 0 Å². The molecule has 0 bridgehead atoms. The summed E-state index contributed by atoms with van der Waals surface area (Å²) in [5, 5.41) is 0. The van der Waals surface area contributed by atoms with E-state index in [1.807, 2.05) is 0 Å². The van der Waals surface area contributed by atoms with Gasteiger partial charge in [0.1, 0.15) is 11.6 Å². The molecule has 0 radical (unpaired) electrons. The van der Waals surface area contributed by atoms with Crippen molar-refractivity contribution in [2.45, 2.75) is 26.6 Å². The number of aromatic nitrogens is 1. The zero-order valence-electron chi connectivity index (χ0n) is 10.3. The van der Waals surface area contributed by atoms with E-state index >= 15 is 0 Å². The fourth-order valence-corrected chi connectivity index (χ4v) is 2.06. The summed E-state index contributed by atoms with van der Waals surface area (Å²) in [5.74, 6) is 0.403. The van der Waals surface area contributed by atoms with Crippen LogP contribution in [-0.2, 0) is 0 Å². The van der Waals surface area contributed by atoms with Crippen molar-refractivity contribution in [1.82, 2.24) is 4.98 Å². The first-order valence-corrected chi connectivity index (χ1v) is 5.72. The molecule has 0 spiro atoms. The lowest BCUT2D eigenvalue weighted by Crippen LogP contribution is -2.23. The predicted octanol–water partition coefficient (Wildman–Crippen LogP) is 3.22. The minimum absolute atomic E-state index is 0.225. The molecule has 1 aromatic heterocycles. The van der Waals surface area contributed by atoms with E-state index in [4.69, 9.17) is 0 Å². The third-order valence-electron chi connectivity index (χ3n) is 2.96. The molecule has 1 fully saturated rings. The summed E-state index contributed by atoms with van der Waals surface area (Å²) in [7, 11) is 0. The summed E-state index contributed by atoms with van der Waals surface area (Å²) in [6.45, 7) is 6.06. The largest absolute Gasteiger partial charge is 0.573 e. The number of hydrogen-bond acceptors (Lipinski definition) is 3. The molecule has 0 aliphatic carbocycles. The summed E-state index contributed by atoms with van der Waals surface area (Å²) in [6, 6.07) is 2.85. The summed E-state index contributed by atoms with van der Waals surface area (Å²) in [4.78, 5) is 6.08. The first kappa shape index (κ1) is 13.0. The molecule has 0 atom stereocenters. The summed E-state index contributed by atoms with van der Waals surface area (Å²) < 4.78 is 39.7. The van der Waals surface area contributed by atoms with Gasteiger partial charge in [-0.05, 0) is 24.0 Å². The van der Waals surface area contributed by atoms with Crippen LogP contribution in [-0.4, -0.2) is 24.4 Å². The van der Waals surface area contributed by atoms with Crippen LogP contribution in [0.3, 0.4) is 0 Å². The summed E-state index contributed by atoms with van der Waals surface area (Å²) in [6.07, 6.45) is -2.51. The van der Waals surface area contributed by atoms with Crippen LogP contribution in [0.4, 0.5) is 19.0 Å². The topological polar surface area (TPSA) is 25.4 Å². The fourth-order valence-electron chi connectivity index (χ4n) is 2.06. The lowest BCUT2D eigenvalue weighted by molar-refractivity contribution is -0.274. The number of nitrogens with zero attached hydrogens (tertiary/aromatic N) is 2. The lowest BCUT2D eigenvalue weighted by atomic mass is 9.93. The molecular weight excluding hydrogens is 245 g/mol. The minimum Gasteiger partial charge on any atom is -0.404 e. The van der Waals surface area contributed by atoms with Crippen LogP contribution in [0.2, 0.25) is 0 Å². The van der Waals surface area contributed by atoms with E-state index in [0.717, 1.165) is 25.7 Å². The van der Waals surface area contributed by atoms with Crippen LogP contribution in [0.5, 0.6) is 5.75 Å². The third-order valence-corrected chi connectivity index (χ3v) is 2.96. The van der Waals surface area contributed by atoms with Crippen molar-refractivity contribution in [3.8, 4) is 5.75 Å². The molecule has 0 amide bonds. The molecule has 100 valence electrons. The summed E-state index contributed by atoms with van der Waals surface area (Å²) >= 11 is 0. The van der Waals surface area contributed by atoms with E-state index in [1.165, 1.54) is 6.07 Å². The Morgan fingerprint density at radius 3 is 2.50 bits per heavy atom. The Bertz CT molecular complexity index is 414. The van der Waals surface area contributed by atoms with E-state index in [9.17, 15) is 13.2 Å². The number of halogens is 3. The molecule has 0 aromatic carbocycles. The normalized spacial score (nSPS) is 19.1. The molecule has 1 aliphatic heterocycles. The Kier molecular flexibility index (Phi) is 3.12. The Labute approximate surface area is 104 Å². The van der Waals surface area contributed by atoms with Gasteiger partial charge in [-0.15, -0.1) is 13.2 Å². The zero-order valence-corrected chi connectivity index (χ0v) is 10.3. The molecule has 3 nitrogen and oxygen atoms in total. The monoisotopic (exact) mass is 260 g/mol. The van der Waals surface area contributed by atoms with Crippen molar-refractivity contribution < 1.29 is 17.9 Å². The summed E-state index contributed by atoms with van der Waals surface area (Å²) in [5.41, 5.74) is 0.225. The van der Waals surface area contributed by atoms with Crippen molar-refractivity contribution in [2.24, 2.45) is 5.41 Å². The zero-order chi connectivity index (χ0) is 13.4. The van der Waals surface area contributed by atoms with Gasteiger partial charge >= 0.3 is 6.36 Å². The van der Waals surface area contributed by atoms with Crippen LogP contribution < -0.4 is 9.64 Å². The fraction of sp³-hybridized carbons (Fsp3) is 0.583. The molecule has 0 N–H and O–H groups in total. The highest BCUT2D eigenvalue weighted by Crippen LogP contribution is 2.32. The van der Waals surface area contributed by atoms with Crippen LogP contribution in [0, 0.1) is 5.41 Å². The number of hydrogen-bond donors (Lipinski definition) is 0. The first-order chi connectivity index (χ1) is 8.25. The quantitative estimate of drug-likeness (QED) is 0.816. The van der Waals surface area contributed by atoms with Gasteiger partial charge < -0.3 is 9.64 Å². The molecular formula is C12H15F3N2O. The SMILES string of the molecule is CC1(C)CCN(c2ccc(OC(F)(F)F)cn2)C1. The number of rotatable bonds is 2. The number of anilines is 1. The lowest BCUT2D eigenvalue weighted by Gasteiger charge is -2.20. The standard InChI is InChI=1S/C12H15F3N2O/c1-11(2)5-6-17(8-11)10-4-3-9(7-16-10)18-12(13,14)15/h3-4,7H,5-6,8H2,1-2H3. The van der Waals surface area contributed by atoms with Crippen LogP contribution in [0.25, 0.3) is 0 Å². The maximum Gasteiger partial charge on any atom is 0.573 e. The van der Waals surface area contributed by atoms with Gasteiger partial charge in [0.05, 0.1) is 6.20 Å². The molecule has 1 aromatic rings. The average Bonchev–Trinajstić information content (AvgIpc) is 2.57. The highest BCUT2D eigenvalue weighted by atomic mass is 19.4. The van der Waals surface area contributed by atoms with Crippen LogP contribution in [0.15, 0.2) is 18.3 Å². The number of ether oxygens (including phenoxy) is 1. The van der Waals surface area contributed by atoms with Gasteiger partial charge in [-0.2, -0.15) is 0 Å². The maximum absolute atomic E-state index is 12.0. The van der Waals surface area contributed by atoms with Crippen LogP contribution >= 0.6 is 0 Å². The third kappa shape index (κ3) is 3.27. The molecule has 6 heteroatoms. The number of alkyl halides is 3. The highest BCUT2D eigenvalue weighted by molar-refractivity contribution is 5.42. The molecule has 2 rings (SSSR count). The van der Waals surface area contributed by atoms with Gasteiger partial charge in [-0.25, -0.2) is 4.98 Å². The Balaban J connectivity index is 2.05. The molecule has 1 saturated heterocycles. The van der Waals surface area contributed by atoms with E-state index < -0.39 is 6.36 Å². The molecule has 1 aliphatic rings. The van der Waals surface area contributed by atoms with Gasteiger partial charge in [0.15, 0.2) is 0 Å². The molecule has 18 heavy (non-hydrogen) atoms. The Morgan fingerprint density at radius 2 is 2.06 bits per heavy atom. The second-order valence-corrected chi connectivity index (χ2v) is 5.24. The Morgan fingerprint density at radius 1 is 1.33 bits per heavy atom. The van der Waals surface area contributed by atoms with Crippen molar-refractivity contribution in [3.63, 3.8) is 0 Å². The average molecular weight is 260 g/mol. The highest BCUT2D eigenvalue weighted by Gasteiger charge is 2.32. The molecule has 2 heterocycles. The molecule has 0 unspecified atom stereocenters. The predicted molar refractivity (Wildman–Crippen MR) is 61.5 cm³/mol. The van der Waals surface area contributed by atoms with E-state index in [2.05, 4.69) is 28.5 Å². The van der Waals surface area contributed by atoms with Gasteiger partial charge in [0.2, 0.25) is 0 Å². The van der Waals surface area contributed by atoms with Gasteiger partial charge in [-0.1, -0.05) is 13.8 Å². The smallest absolute Gasteiger partial charge is 0.404 e. The second kappa shape index (κ2) is 4.33. The maximum atomic E-state index is 12.0. The first-order valence-electron chi connectivity index (χ1n) is 5.72. The Hall–Kier alpha value is -1.46. The van der Waals surface area contributed by atoms with Gasteiger partial charge in [-0.3, -0.25) is 0 Å². The molecule has 0 saturated carbocycles. The number of pyridine rings is 1. The van der Waals surface area contributed by atoms with Crippen LogP contribution in [0.1, 0.15) is 20.3 Å². The van der Waals surface area contributed by atoms with Gasteiger partial charge in [0, 0.05) is 13.1 Å². The second-order valence-electron chi connectivity index (χ2n) is 5.24. The minimum atomic E-state index is -4.67. The van der Waals surface area contributed by atoms with Crippen molar-refractivity contribution in [2.75, 3.05) is 18.0 Å².